The third kappa shape index (κ3) is 2.81. The van der Waals surface area contributed by atoms with Gasteiger partial charge >= 0.3 is 5.97 Å². The van der Waals surface area contributed by atoms with E-state index in [1.807, 2.05) is 18.3 Å². The first kappa shape index (κ1) is 14.9. The second-order valence-corrected chi connectivity index (χ2v) is 7.60. The molecule has 2 aliphatic rings. The maximum atomic E-state index is 11.7. The number of carboxylic acid groups (broad SMARTS) is 1. The normalized spacial score (nSPS) is 27.9. The maximum Gasteiger partial charge on any atom is 0.320 e. The van der Waals surface area contributed by atoms with E-state index >= 15 is 0 Å². The largest absolute Gasteiger partial charge is 0.480 e. The average Bonchev–Trinajstić information content (AvgIpc) is 3.26. The van der Waals surface area contributed by atoms with Crippen LogP contribution in [0.2, 0.25) is 0 Å². The highest BCUT2D eigenvalue weighted by atomic mass is 32.1. The molecular formula is C17H20N2O3S. The number of likely N-dealkylation sites (tertiary alicyclic amines) is 1. The smallest absolute Gasteiger partial charge is 0.320 e. The lowest BCUT2D eigenvalue weighted by atomic mass is 9.85. The van der Waals surface area contributed by atoms with Gasteiger partial charge in [-0.05, 0) is 37.3 Å². The Morgan fingerprint density at radius 1 is 1.43 bits per heavy atom. The van der Waals surface area contributed by atoms with Crippen molar-refractivity contribution in [3.05, 3.63) is 29.5 Å². The number of aromatic nitrogens is 1. The van der Waals surface area contributed by atoms with Gasteiger partial charge in [0.2, 0.25) is 0 Å². The molecule has 3 heterocycles. The molecule has 3 unspecified atom stereocenters. The number of furan rings is 1. The lowest BCUT2D eigenvalue weighted by molar-refractivity contribution is -0.142. The highest BCUT2D eigenvalue weighted by molar-refractivity contribution is 7.14. The summed E-state index contributed by atoms with van der Waals surface area (Å²) in [6.45, 7) is 0.677. The van der Waals surface area contributed by atoms with Crippen molar-refractivity contribution in [3.63, 3.8) is 0 Å². The molecule has 4 rings (SSSR count). The van der Waals surface area contributed by atoms with E-state index in [1.165, 1.54) is 19.3 Å². The van der Waals surface area contributed by atoms with Gasteiger partial charge in [-0.3, -0.25) is 9.69 Å². The number of nitrogens with zero attached hydrogens (tertiary/aromatic N) is 2. The summed E-state index contributed by atoms with van der Waals surface area (Å²) in [5.41, 5.74) is 0. The summed E-state index contributed by atoms with van der Waals surface area (Å²) in [5, 5.41) is 10.5. The summed E-state index contributed by atoms with van der Waals surface area (Å²) >= 11 is 1.59. The van der Waals surface area contributed by atoms with Crippen LogP contribution < -0.4 is 0 Å². The quantitative estimate of drug-likeness (QED) is 0.926. The lowest BCUT2D eigenvalue weighted by Crippen LogP contribution is -2.41. The predicted molar refractivity (Wildman–Crippen MR) is 87.1 cm³/mol. The van der Waals surface area contributed by atoms with Crippen LogP contribution in [0.3, 0.4) is 0 Å². The minimum Gasteiger partial charge on any atom is -0.480 e. The summed E-state index contributed by atoms with van der Waals surface area (Å²) < 4.78 is 5.39. The zero-order valence-electron chi connectivity index (χ0n) is 12.9. The second-order valence-electron chi connectivity index (χ2n) is 6.48. The molecule has 1 N–H and O–H groups in total. The molecule has 0 bridgehead atoms. The summed E-state index contributed by atoms with van der Waals surface area (Å²) in [6, 6.07) is 3.82. The van der Waals surface area contributed by atoms with Crippen molar-refractivity contribution < 1.29 is 14.3 Å². The lowest BCUT2D eigenvalue weighted by Gasteiger charge is -2.32. The van der Waals surface area contributed by atoms with Gasteiger partial charge in [0.15, 0.2) is 10.8 Å². The molecule has 2 fully saturated rings. The molecule has 1 saturated carbocycles. The number of carboxylic acids is 1. The summed E-state index contributed by atoms with van der Waals surface area (Å²) in [5.74, 6) is 0.630. The van der Waals surface area contributed by atoms with Crippen LogP contribution in [0.1, 0.15) is 37.0 Å². The molecule has 0 radical (unpaired) electrons. The van der Waals surface area contributed by atoms with Crippen molar-refractivity contribution in [1.82, 2.24) is 9.88 Å². The van der Waals surface area contributed by atoms with Crippen molar-refractivity contribution in [3.8, 4) is 10.8 Å². The van der Waals surface area contributed by atoms with Crippen LogP contribution in [0.15, 0.2) is 29.0 Å². The van der Waals surface area contributed by atoms with E-state index in [2.05, 4.69) is 9.88 Å². The van der Waals surface area contributed by atoms with E-state index in [-0.39, 0.29) is 6.04 Å². The number of thiazole rings is 1. The highest BCUT2D eigenvalue weighted by Gasteiger charge is 2.45. The van der Waals surface area contributed by atoms with E-state index < -0.39 is 5.97 Å². The first-order chi connectivity index (χ1) is 11.2. The Bertz CT molecular complexity index is 682. The first-order valence-corrected chi connectivity index (χ1v) is 9.01. The Morgan fingerprint density at radius 3 is 3.09 bits per heavy atom. The molecule has 1 aliphatic carbocycles. The Hall–Kier alpha value is -1.66. The van der Waals surface area contributed by atoms with Crippen molar-refractivity contribution in [2.24, 2.45) is 5.92 Å². The number of fused-ring (bicyclic) bond motifs is 1. The van der Waals surface area contributed by atoms with Crippen molar-refractivity contribution in [2.45, 2.75) is 50.7 Å². The molecule has 1 saturated heterocycles. The van der Waals surface area contributed by atoms with Gasteiger partial charge in [0, 0.05) is 23.7 Å². The minimum absolute atomic E-state index is 0.350. The predicted octanol–water partition coefficient (Wildman–Crippen LogP) is 3.62. The number of hydrogen-bond acceptors (Lipinski definition) is 5. The van der Waals surface area contributed by atoms with Crippen LogP contribution in [0, 0.1) is 5.92 Å². The molecule has 122 valence electrons. The molecule has 0 amide bonds. The molecule has 2 aromatic rings. The average molecular weight is 332 g/mol. The monoisotopic (exact) mass is 332 g/mol. The molecule has 1 aliphatic heterocycles. The van der Waals surface area contributed by atoms with Gasteiger partial charge in [-0.1, -0.05) is 12.8 Å². The van der Waals surface area contributed by atoms with Gasteiger partial charge in [-0.25, -0.2) is 4.98 Å². The zero-order valence-corrected chi connectivity index (χ0v) is 13.7. The van der Waals surface area contributed by atoms with E-state index in [1.54, 1.807) is 17.6 Å². The summed E-state index contributed by atoms with van der Waals surface area (Å²) in [4.78, 5) is 19.4. The standard InChI is InChI=1S/C17H20N2O3S/c20-17(21)14-8-11-4-1-2-5-13(11)19(14)10-12-9-18-16(23-12)15-6-3-7-22-15/h3,6-7,9,11,13-14H,1-2,4-5,8,10H2,(H,20,21). The van der Waals surface area contributed by atoms with Crippen LogP contribution in [-0.4, -0.2) is 33.0 Å². The SMILES string of the molecule is O=C(O)C1CC2CCCCC2N1Cc1cnc(-c2ccco2)s1. The van der Waals surface area contributed by atoms with Gasteiger partial charge in [0.25, 0.3) is 0 Å². The summed E-state index contributed by atoms with van der Waals surface area (Å²) in [6.07, 6.45) is 9.05. The maximum absolute atomic E-state index is 11.7. The van der Waals surface area contributed by atoms with E-state index in [0.29, 0.717) is 18.5 Å². The van der Waals surface area contributed by atoms with Crippen LogP contribution in [0.25, 0.3) is 10.8 Å². The Balaban J connectivity index is 1.55. The Kier molecular flexibility index (Phi) is 3.95. The van der Waals surface area contributed by atoms with Gasteiger partial charge in [0.05, 0.1) is 6.26 Å². The first-order valence-electron chi connectivity index (χ1n) is 8.19. The van der Waals surface area contributed by atoms with Crippen molar-refractivity contribution in [2.75, 3.05) is 0 Å². The van der Waals surface area contributed by atoms with Gasteiger partial charge in [-0.2, -0.15) is 0 Å². The molecule has 6 heteroatoms. The topological polar surface area (TPSA) is 66.6 Å². The van der Waals surface area contributed by atoms with Crippen LogP contribution in [0.4, 0.5) is 0 Å². The zero-order chi connectivity index (χ0) is 15.8. The van der Waals surface area contributed by atoms with Crippen LogP contribution >= 0.6 is 11.3 Å². The number of aliphatic carboxylic acids is 1. The molecule has 0 spiro atoms. The fraction of sp³-hybridized carbons (Fsp3) is 0.529. The van der Waals surface area contributed by atoms with Crippen LogP contribution in [0.5, 0.6) is 0 Å². The fourth-order valence-electron chi connectivity index (χ4n) is 4.10. The molecule has 23 heavy (non-hydrogen) atoms. The van der Waals surface area contributed by atoms with E-state index in [4.69, 9.17) is 4.42 Å². The molecule has 5 nitrogen and oxygen atoms in total. The third-order valence-corrected chi connectivity index (χ3v) is 6.13. The minimum atomic E-state index is -0.685. The summed E-state index contributed by atoms with van der Waals surface area (Å²) in [7, 11) is 0. The molecule has 3 atom stereocenters. The molecular weight excluding hydrogens is 312 g/mol. The number of carbonyl (C=O) groups is 1. The Labute approximate surface area is 138 Å². The van der Waals surface area contributed by atoms with Gasteiger partial charge < -0.3 is 9.52 Å². The Morgan fingerprint density at radius 2 is 2.30 bits per heavy atom. The fourth-order valence-corrected chi connectivity index (χ4v) is 4.99. The second kappa shape index (κ2) is 6.09. The van der Waals surface area contributed by atoms with Crippen molar-refractivity contribution in [1.29, 1.82) is 0 Å². The van der Waals surface area contributed by atoms with E-state index in [0.717, 1.165) is 28.5 Å². The third-order valence-electron chi connectivity index (χ3n) is 5.13. The van der Waals surface area contributed by atoms with Gasteiger partial charge in [-0.15, -0.1) is 11.3 Å². The molecule has 2 aromatic heterocycles. The number of rotatable bonds is 4. The van der Waals surface area contributed by atoms with Crippen molar-refractivity contribution >= 4 is 17.3 Å². The van der Waals surface area contributed by atoms with E-state index in [9.17, 15) is 9.90 Å². The molecule has 0 aromatic carbocycles. The number of hydrogen-bond donors (Lipinski definition) is 1. The van der Waals surface area contributed by atoms with Gasteiger partial charge in [0.1, 0.15) is 6.04 Å². The highest BCUT2D eigenvalue weighted by Crippen LogP contribution is 2.41. The van der Waals surface area contributed by atoms with Crippen LogP contribution in [-0.2, 0) is 11.3 Å².